The van der Waals surface area contributed by atoms with Crippen LogP contribution in [0.15, 0.2) is 0 Å². The first-order valence-electron chi connectivity index (χ1n) is 6.05. The summed E-state index contributed by atoms with van der Waals surface area (Å²) in [6.07, 6.45) is 6.74. The van der Waals surface area contributed by atoms with E-state index in [-0.39, 0.29) is 0 Å². The molecular formula is C12H23NO. The van der Waals surface area contributed by atoms with E-state index in [1.165, 1.54) is 25.7 Å². The predicted molar refractivity (Wildman–Crippen MR) is 59.1 cm³/mol. The largest absolute Gasteiger partial charge is 0.343 e. The summed E-state index contributed by atoms with van der Waals surface area (Å²) in [4.78, 5) is 13.9. The summed E-state index contributed by atoms with van der Waals surface area (Å²) in [6, 6.07) is 0. The number of hydrogen-bond donors (Lipinski definition) is 0. The second-order valence-electron chi connectivity index (χ2n) is 4.35. The van der Waals surface area contributed by atoms with Crippen LogP contribution in [0.4, 0.5) is 0 Å². The summed E-state index contributed by atoms with van der Waals surface area (Å²) < 4.78 is 0. The van der Waals surface area contributed by atoms with Gasteiger partial charge in [-0.25, -0.2) is 0 Å². The quantitative estimate of drug-likeness (QED) is 0.663. The molecule has 82 valence electrons. The van der Waals surface area contributed by atoms with E-state index in [9.17, 15) is 4.79 Å². The molecule has 0 bridgehead atoms. The molecule has 0 aromatic heterocycles. The number of likely N-dealkylation sites (tertiary alicyclic amines) is 1. The van der Waals surface area contributed by atoms with Crippen molar-refractivity contribution in [2.45, 2.75) is 52.4 Å². The zero-order valence-corrected chi connectivity index (χ0v) is 9.59. The van der Waals surface area contributed by atoms with Gasteiger partial charge >= 0.3 is 0 Å². The van der Waals surface area contributed by atoms with Gasteiger partial charge in [0.15, 0.2) is 0 Å². The third kappa shape index (κ3) is 3.32. The van der Waals surface area contributed by atoms with E-state index in [4.69, 9.17) is 0 Å². The highest BCUT2D eigenvalue weighted by atomic mass is 16.2. The Bertz CT molecular complexity index is 173. The van der Waals surface area contributed by atoms with E-state index in [1.807, 2.05) is 4.90 Å². The van der Waals surface area contributed by atoms with E-state index in [1.54, 1.807) is 0 Å². The minimum atomic E-state index is 0.391. The second-order valence-corrected chi connectivity index (χ2v) is 4.35. The molecule has 1 amide bonds. The van der Waals surface area contributed by atoms with Gasteiger partial charge in [-0.2, -0.15) is 0 Å². The summed E-state index contributed by atoms with van der Waals surface area (Å²) in [6.45, 7) is 6.39. The molecule has 1 rings (SSSR count). The summed E-state index contributed by atoms with van der Waals surface area (Å²) in [7, 11) is 0. The molecule has 0 aromatic rings. The van der Waals surface area contributed by atoms with Crippen LogP contribution in [0.1, 0.15) is 52.4 Å². The summed E-state index contributed by atoms with van der Waals surface area (Å²) in [5.74, 6) is 1.01. The second kappa shape index (κ2) is 6.05. The van der Waals surface area contributed by atoms with Crippen molar-refractivity contribution in [2.24, 2.45) is 5.92 Å². The lowest BCUT2D eigenvalue weighted by molar-refractivity contribution is -0.131. The number of rotatable bonds is 5. The molecule has 14 heavy (non-hydrogen) atoms. The average molecular weight is 197 g/mol. The van der Waals surface area contributed by atoms with E-state index in [0.717, 1.165) is 25.9 Å². The molecule has 1 unspecified atom stereocenters. The number of hydrogen-bond acceptors (Lipinski definition) is 1. The molecule has 0 radical (unpaired) electrons. The maximum Gasteiger partial charge on any atom is 0.222 e. The molecule has 0 N–H and O–H groups in total. The minimum absolute atomic E-state index is 0.391. The standard InChI is InChI=1S/C12H23NO/c1-3-7-11(4-2)10-12(14)13-8-5-6-9-13/h11H,3-10H2,1-2H3. The molecule has 2 nitrogen and oxygen atoms in total. The van der Waals surface area contributed by atoms with Crippen LogP contribution in [0.25, 0.3) is 0 Å². The Morgan fingerprint density at radius 3 is 2.43 bits per heavy atom. The maximum atomic E-state index is 11.8. The SMILES string of the molecule is CCCC(CC)CC(=O)N1CCCC1. The average Bonchev–Trinajstić information content (AvgIpc) is 2.69. The highest BCUT2D eigenvalue weighted by Crippen LogP contribution is 2.18. The van der Waals surface area contributed by atoms with Gasteiger partial charge in [-0.05, 0) is 18.8 Å². The van der Waals surface area contributed by atoms with Crippen molar-refractivity contribution in [3.8, 4) is 0 Å². The van der Waals surface area contributed by atoms with Crippen molar-refractivity contribution in [3.63, 3.8) is 0 Å². The molecular weight excluding hydrogens is 174 g/mol. The maximum absolute atomic E-state index is 11.8. The van der Waals surface area contributed by atoms with Crippen LogP contribution in [0.2, 0.25) is 0 Å². The molecule has 1 aliphatic rings. The number of carbonyl (C=O) groups is 1. The van der Waals surface area contributed by atoms with Gasteiger partial charge in [0, 0.05) is 19.5 Å². The van der Waals surface area contributed by atoms with Gasteiger partial charge < -0.3 is 4.90 Å². The fraction of sp³-hybridized carbons (Fsp3) is 0.917. The number of carbonyl (C=O) groups excluding carboxylic acids is 1. The Morgan fingerprint density at radius 2 is 1.93 bits per heavy atom. The van der Waals surface area contributed by atoms with Gasteiger partial charge in [-0.15, -0.1) is 0 Å². The van der Waals surface area contributed by atoms with Crippen LogP contribution in [0.5, 0.6) is 0 Å². The molecule has 0 spiro atoms. The lowest BCUT2D eigenvalue weighted by Gasteiger charge is -2.19. The lowest BCUT2D eigenvalue weighted by Crippen LogP contribution is -2.29. The fourth-order valence-electron chi connectivity index (χ4n) is 2.20. The van der Waals surface area contributed by atoms with Gasteiger partial charge in [-0.1, -0.05) is 33.1 Å². The van der Waals surface area contributed by atoms with Gasteiger partial charge in [0.25, 0.3) is 0 Å². The lowest BCUT2D eigenvalue weighted by atomic mass is 9.96. The zero-order valence-electron chi connectivity index (χ0n) is 9.59. The van der Waals surface area contributed by atoms with Crippen LogP contribution in [0, 0.1) is 5.92 Å². The Labute approximate surface area is 87.7 Å². The summed E-state index contributed by atoms with van der Waals surface area (Å²) >= 11 is 0. The van der Waals surface area contributed by atoms with E-state index in [0.29, 0.717) is 11.8 Å². The minimum Gasteiger partial charge on any atom is -0.343 e. The van der Waals surface area contributed by atoms with Crippen LogP contribution in [0.3, 0.4) is 0 Å². The molecule has 1 aliphatic heterocycles. The van der Waals surface area contributed by atoms with E-state index in [2.05, 4.69) is 13.8 Å². The number of nitrogens with zero attached hydrogens (tertiary/aromatic N) is 1. The normalized spacial score (nSPS) is 18.6. The van der Waals surface area contributed by atoms with Crippen LogP contribution in [-0.2, 0) is 4.79 Å². The smallest absolute Gasteiger partial charge is 0.222 e. The molecule has 2 heteroatoms. The van der Waals surface area contributed by atoms with Crippen LogP contribution < -0.4 is 0 Å². The fourth-order valence-corrected chi connectivity index (χ4v) is 2.20. The third-order valence-electron chi connectivity index (χ3n) is 3.20. The third-order valence-corrected chi connectivity index (χ3v) is 3.20. The molecule has 1 fully saturated rings. The molecule has 1 heterocycles. The molecule has 1 saturated heterocycles. The van der Waals surface area contributed by atoms with Crippen molar-refractivity contribution in [1.29, 1.82) is 0 Å². The van der Waals surface area contributed by atoms with Crippen LogP contribution in [-0.4, -0.2) is 23.9 Å². The Balaban J connectivity index is 2.29. The predicted octanol–water partition coefficient (Wildman–Crippen LogP) is 2.83. The molecule has 0 saturated carbocycles. The first-order valence-corrected chi connectivity index (χ1v) is 6.05. The molecule has 0 aromatic carbocycles. The van der Waals surface area contributed by atoms with Crippen molar-refractivity contribution in [2.75, 3.05) is 13.1 Å². The van der Waals surface area contributed by atoms with Gasteiger partial charge in [-0.3, -0.25) is 4.79 Å². The summed E-state index contributed by atoms with van der Waals surface area (Å²) in [5.41, 5.74) is 0. The highest BCUT2D eigenvalue weighted by Gasteiger charge is 2.20. The molecule has 1 atom stereocenters. The Kier molecular flexibility index (Phi) is 4.99. The van der Waals surface area contributed by atoms with E-state index < -0.39 is 0 Å². The first kappa shape index (κ1) is 11.5. The van der Waals surface area contributed by atoms with Gasteiger partial charge in [0.1, 0.15) is 0 Å². The monoisotopic (exact) mass is 197 g/mol. The Hall–Kier alpha value is -0.530. The summed E-state index contributed by atoms with van der Waals surface area (Å²) in [5, 5.41) is 0. The van der Waals surface area contributed by atoms with Crippen molar-refractivity contribution >= 4 is 5.91 Å². The highest BCUT2D eigenvalue weighted by molar-refractivity contribution is 5.76. The first-order chi connectivity index (χ1) is 6.77. The topological polar surface area (TPSA) is 20.3 Å². The van der Waals surface area contributed by atoms with Crippen LogP contribution >= 0.6 is 0 Å². The number of amides is 1. The van der Waals surface area contributed by atoms with Crippen molar-refractivity contribution in [3.05, 3.63) is 0 Å². The molecule has 0 aliphatic carbocycles. The van der Waals surface area contributed by atoms with Gasteiger partial charge in [0.2, 0.25) is 5.91 Å². The van der Waals surface area contributed by atoms with Crippen molar-refractivity contribution < 1.29 is 4.79 Å². The zero-order chi connectivity index (χ0) is 10.4. The van der Waals surface area contributed by atoms with Gasteiger partial charge in [0.05, 0.1) is 0 Å². The van der Waals surface area contributed by atoms with E-state index >= 15 is 0 Å². The Morgan fingerprint density at radius 1 is 1.29 bits per heavy atom. The van der Waals surface area contributed by atoms with Crippen molar-refractivity contribution in [1.82, 2.24) is 4.90 Å².